The molecule has 2 bridgehead atoms. The van der Waals surface area contributed by atoms with Gasteiger partial charge >= 0.3 is 0 Å². The van der Waals surface area contributed by atoms with E-state index in [1.807, 2.05) is 13.0 Å². The molecule has 0 amide bonds. The van der Waals surface area contributed by atoms with Gasteiger partial charge in [-0.25, -0.2) is 8.42 Å². The largest absolute Gasteiger partial charge is 0.223 e. The molecule has 2 fully saturated rings. The molecule has 2 aliphatic carbocycles. The van der Waals surface area contributed by atoms with Crippen molar-refractivity contribution in [3.8, 4) is 0 Å². The first-order chi connectivity index (χ1) is 8.48. The van der Waals surface area contributed by atoms with E-state index in [0.717, 1.165) is 24.8 Å². The Morgan fingerprint density at radius 2 is 1.89 bits per heavy atom. The van der Waals surface area contributed by atoms with Crippen LogP contribution in [0.4, 0.5) is 0 Å². The van der Waals surface area contributed by atoms with Gasteiger partial charge in [-0.3, -0.25) is 0 Å². The number of hydrogen-bond donors (Lipinski definition) is 0. The van der Waals surface area contributed by atoms with Crippen LogP contribution in [-0.4, -0.2) is 13.2 Å². The van der Waals surface area contributed by atoms with Crippen LogP contribution in [0.15, 0.2) is 47.4 Å². The first-order valence-electron chi connectivity index (χ1n) is 6.47. The Hall–Kier alpha value is -1.09. The average Bonchev–Trinajstić information content (AvgIpc) is 2.94. The quantitative estimate of drug-likeness (QED) is 0.767. The van der Waals surface area contributed by atoms with E-state index in [4.69, 9.17) is 0 Å². The minimum Gasteiger partial charge on any atom is -0.223 e. The molecule has 18 heavy (non-hydrogen) atoms. The second kappa shape index (κ2) is 3.70. The molecule has 2 nitrogen and oxygen atoms in total. The molecule has 1 aromatic rings. The average molecular weight is 262 g/mol. The first kappa shape index (κ1) is 12.0. The van der Waals surface area contributed by atoms with Crippen molar-refractivity contribution in [3.63, 3.8) is 0 Å². The van der Waals surface area contributed by atoms with Crippen molar-refractivity contribution in [2.24, 2.45) is 11.8 Å². The van der Waals surface area contributed by atoms with Crippen LogP contribution in [0.2, 0.25) is 0 Å². The van der Waals surface area contributed by atoms with Crippen LogP contribution >= 0.6 is 0 Å². The molecule has 0 aromatic heterocycles. The number of rotatable bonds is 2. The molecule has 3 heteroatoms. The number of sulfone groups is 1. The molecule has 0 radical (unpaired) electrons. The van der Waals surface area contributed by atoms with Crippen LogP contribution in [0.1, 0.15) is 26.2 Å². The highest BCUT2D eigenvalue weighted by atomic mass is 32.2. The lowest BCUT2D eigenvalue weighted by Crippen LogP contribution is -2.42. The lowest BCUT2D eigenvalue weighted by molar-refractivity contribution is 0.438. The summed E-state index contributed by atoms with van der Waals surface area (Å²) >= 11 is 0. The van der Waals surface area contributed by atoms with Crippen LogP contribution in [0.25, 0.3) is 0 Å². The number of benzene rings is 1. The zero-order valence-electron chi connectivity index (χ0n) is 10.6. The van der Waals surface area contributed by atoms with Gasteiger partial charge in [0.2, 0.25) is 0 Å². The first-order valence-corrected chi connectivity index (χ1v) is 7.95. The Kier molecular flexibility index (Phi) is 2.46. The van der Waals surface area contributed by atoms with Gasteiger partial charge in [-0.1, -0.05) is 30.4 Å². The van der Waals surface area contributed by atoms with E-state index in [2.05, 4.69) is 6.58 Å². The smallest absolute Gasteiger partial charge is 0.187 e. The van der Waals surface area contributed by atoms with E-state index in [9.17, 15) is 8.42 Å². The van der Waals surface area contributed by atoms with Gasteiger partial charge in [0, 0.05) is 0 Å². The minimum absolute atomic E-state index is 0.250. The highest BCUT2D eigenvalue weighted by molar-refractivity contribution is 7.93. The summed E-state index contributed by atoms with van der Waals surface area (Å²) in [6.07, 6.45) is 3.14. The maximum absolute atomic E-state index is 12.9. The summed E-state index contributed by atoms with van der Waals surface area (Å²) in [5.74, 6) is 0.665. The molecule has 0 heterocycles. The zero-order chi connectivity index (χ0) is 13.0. The van der Waals surface area contributed by atoms with Crippen molar-refractivity contribution in [1.29, 1.82) is 0 Å². The third-order valence-corrected chi connectivity index (χ3v) is 7.56. The van der Waals surface area contributed by atoms with Gasteiger partial charge in [0.15, 0.2) is 9.84 Å². The molecular weight excluding hydrogens is 244 g/mol. The fraction of sp³-hybridized carbons (Fsp3) is 0.467. The summed E-state index contributed by atoms with van der Waals surface area (Å²) in [7, 11) is -3.32. The number of hydrogen-bond acceptors (Lipinski definition) is 2. The van der Waals surface area contributed by atoms with Crippen molar-refractivity contribution in [1.82, 2.24) is 0 Å². The summed E-state index contributed by atoms with van der Waals surface area (Å²) < 4.78 is 25.0. The molecule has 2 saturated carbocycles. The maximum atomic E-state index is 12.9. The molecule has 0 unspecified atom stereocenters. The van der Waals surface area contributed by atoms with Crippen molar-refractivity contribution < 1.29 is 8.42 Å². The third kappa shape index (κ3) is 1.31. The Morgan fingerprint density at radius 1 is 1.22 bits per heavy atom. The van der Waals surface area contributed by atoms with Crippen molar-refractivity contribution in [2.75, 3.05) is 0 Å². The lowest BCUT2D eigenvalue weighted by atomic mass is 9.86. The van der Waals surface area contributed by atoms with E-state index in [0.29, 0.717) is 10.8 Å². The standard InChI is InChI=1S/C15H18O2S/c1-11-12-8-9-13(10-12)15(11,2)18(16,17)14-6-4-3-5-7-14/h3-7,12-13H,1,8-10H2,2H3/t12-,13+,15+/m0/s1. The Labute approximate surface area is 109 Å². The molecule has 0 N–H and O–H groups in total. The minimum atomic E-state index is -3.32. The molecule has 1 aromatic carbocycles. The van der Waals surface area contributed by atoms with Crippen molar-refractivity contribution in [3.05, 3.63) is 42.5 Å². The molecule has 0 aliphatic heterocycles. The summed E-state index contributed by atoms with van der Waals surface area (Å²) in [5, 5.41) is 0. The van der Waals surface area contributed by atoms with Crippen LogP contribution in [0.3, 0.4) is 0 Å². The van der Waals surface area contributed by atoms with Gasteiger partial charge < -0.3 is 0 Å². The van der Waals surface area contributed by atoms with Crippen LogP contribution < -0.4 is 0 Å². The lowest BCUT2D eigenvalue weighted by Gasteiger charge is -2.35. The highest BCUT2D eigenvalue weighted by Gasteiger charge is 2.58. The zero-order valence-corrected chi connectivity index (χ0v) is 11.4. The second-order valence-electron chi connectivity index (χ2n) is 5.66. The Bertz CT molecular complexity index is 588. The maximum Gasteiger partial charge on any atom is 0.187 e. The number of fused-ring (bicyclic) bond motifs is 2. The summed E-state index contributed by atoms with van der Waals surface area (Å²) in [5.41, 5.74) is 0.933. The van der Waals surface area contributed by atoms with Gasteiger partial charge in [0.25, 0.3) is 0 Å². The predicted octanol–water partition coefficient (Wildman–Crippen LogP) is 3.21. The molecule has 3 atom stereocenters. The molecule has 0 spiro atoms. The van der Waals surface area contributed by atoms with Gasteiger partial charge in [0.05, 0.1) is 9.64 Å². The van der Waals surface area contributed by atoms with Crippen LogP contribution in [0, 0.1) is 11.8 Å². The predicted molar refractivity (Wildman–Crippen MR) is 72.0 cm³/mol. The van der Waals surface area contributed by atoms with Crippen molar-refractivity contribution >= 4 is 9.84 Å². The molecule has 2 aliphatic rings. The topological polar surface area (TPSA) is 34.1 Å². The van der Waals surface area contributed by atoms with Gasteiger partial charge in [-0.2, -0.15) is 0 Å². The normalized spacial score (nSPS) is 35.1. The monoisotopic (exact) mass is 262 g/mol. The van der Waals surface area contributed by atoms with E-state index >= 15 is 0 Å². The highest BCUT2D eigenvalue weighted by Crippen LogP contribution is 2.58. The molecular formula is C15H18O2S. The van der Waals surface area contributed by atoms with Crippen LogP contribution in [-0.2, 0) is 9.84 Å². The van der Waals surface area contributed by atoms with E-state index in [-0.39, 0.29) is 5.92 Å². The SMILES string of the molecule is C=C1[C@H]2CC[C@H](C2)[C@]1(C)S(=O)(=O)c1ccccc1. The Morgan fingerprint density at radius 3 is 2.44 bits per heavy atom. The second-order valence-corrected chi connectivity index (χ2v) is 7.98. The van der Waals surface area contributed by atoms with E-state index < -0.39 is 14.6 Å². The molecule has 0 saturated heterocycles. The summed E-state index contributed by atoms with van der Waals surface area (Å²) in [6, 6.07) is 8.80. The van der Waals surface area contributed by atoms with Crippen molar-refractivity contribution in [2.45, 2.75) is 35.8 Å². The fourth-order valence-corrected chi connectivity index (χ4v) is 5.87. The fourth-order valence-electron chi connectivity index (χ4n) is 3.70. The molecule has 96 valence electrons. The van der Waals surface area contributed by atoms with Crippen LogP contribution in [0.5, 0.6) is 0 Å². The van der Waals surface area contributed by atoms with Gasteiger partial charge in [-0.15, -0.1) is 0 Å². The van der Waals surface area contributed by atoms with E-state index in [1.54, 1.807) is 24.3 Å². The Balaban J connectivity index is 2.13. The summed E-state index contributed by atoms with van der Waals surface area (Å²) in [4.78, 5) is 0.432. The van der Waals surface area contributed by atoms with Gasteiger partial charge in [-0.05, 0) is 50.2 Å². The molecule has 3 rings (SSSR count). The third-order valence-electron chi connectivity index (χ3n) is 4.95. The van der Waals surface area contributed by atoms with Gasteiger partial charge in [0.1, 0.15) is 0 Å². The van der Waals surface area contributed by atoms with E-state index in [1.165, 1.54) is 0 Å². The summed E-state index contributed by atoms with van der Waals surface area (Å²) in [6.45, 7) is 5.98.